The standard InChI is InChI=1S/C14H17NO3/c1-2-18-14(17)13-11(7-8-16)9-10-5-3-4-6-12(10)15-13/h3-6,9,11,13,16H,2,7-8H2,1H3. The highest BCUT2D eigenvalue weighted by Crippen LogP contribution is 2.17. The maximum Gasteiger partial charge on any atom is 0.331 e. The van der Waals surface area contributed by atoms with Gasteiger partial charge in [0, 0.05) is 12.5 Å². The summed E-state index contributed by atoms with van der Waals surface area (Å²) in [6.07, 6.45) is 2.52. The van der Waals surface area contributed by atoms with Gasteiger partial charge < -0.3 is 9.84 Å². The van der Waals surface area contributed by atoms with Crippen LogP contribution in [-0.2, 0) is 9.53 Å². The van der Waals surface area contributed by atoms with Crippen molar-refractivity contribution in [2.75, 3.05) is 13.2 Å². The van der Waals surface area contributed by atoms with Crippen molar-refractivity contribution in [1.29, 1.82) is 0 Å². The molecular formula is C14H17NO3. The molecule has 0 spiro atoms. The first-order valence-electron chi connectivity index (χ1n) is 6.18. The fourth-order valence-corrected chi connectivity index (χ4v) is 2.16. The van der Waals surface area contributed by atoms with Crippen molar-refractivity contribution in [2.24, 2.45) is 10.9 Å². The van der Waals surface area contributed by atoms with Crippen LogP contribution < -0.4 is 10.6 Å². The van der Waals surface area contributed by atoms with Crippen LogP contribution in [0.15, 0.2) is 29.3 Å². The lowest BCUT2D eigenvalue weighted by atomic mass is 9.93. The van der Waals surface area contributed by atoms with Crippen LogP contribution in [0.25, 0.3) is 6.08 Å². The van der Waals surface area contributed by atoms with Gasteiger partial charge in [0.05, 0.1) is 12.0 Å². The largest absolute Gasteiger partial charge is 0.464 e. The molecule has 2 atom stereocenters. The molecule has 0 bridgehead atoms. The van der Waals surface area contributed by atoms with Crippen LogP contribution in [0.5, 0.6) is 0 Å². The third-order valence-electron chi connectivity index (χ3n) is 3.00. The molecule has 1 N–H and O–H groups in total. The minimum atomic E-state index is -0.535. The van der Waals surface area contributed by atoms with Crippen LogP contribution in [0.2, 0.25) is 0 Å². The first-order chi connectivity index (χ1) is 8.76. The second-order valence-corrected chi connectivity index (χ2v) is 4.23. The second-order valence-electron chi connectivity index (χ2n) is 4.23. The molecular weight excluding hydrogens is 230 g/mol. The number of aliphatic hydroxyl groups excluding tert-OH is 1. The summed E-state index contributed by atoms with van der Waals surface area (Å²) >= 11 is 0. The van der Waals surface area contributed by atoms with Crippen molar-refractivity contribution < 1.29 is 14.6 Å². The Labute approximate surface area is 106 Å². The van der Waals surface area contributed by atoms with E-state index in [1.54, 1.807) is 6.92 Å². The van der Waals surface area contributed by atoms with Crippen molar-refractivity contribution >= 4 is 12.0 Å². The van der Waals surface area contributed by atoms with Gasteiger partial charge >= 0.3 is 5.97 Å². The van der Waals surface area contributed by atoms with Gasteiger partial charge in [0.15, 0.2) is 6.04 Å². The number of benzene rings is 1. The highest BCUT2D eigenvalue weighted by atomic mass is 16.5. The Morgan fingerprint density at radius 2 is 2.22 bits per heavy atom. The van der Waals surface area contributed by atoms with Gasteiger partial charge in [-0.15, -0.1) is 0 Å². The molecule has 0 aromatic heterocycles. The SMILES string of the molecule is CCOC(=O)C1N=c2ccccc2=CC1CCO. The van der Waals surface area contributed by atoms with Crippen LogP contribution in [0.3, 0.4) is 0 Å². The third-order valence-corrected chi connectivity index (χ3v) is 3.00. The fourth-order valence-electron chi connectivity index (χ4n) is 2.16. The Bertz CT molecular complexity index is 538. The molecule has 0 saturated carbocycles. The van der Waals surface area contributed by atoms with Crippen molar-refractivity contribution in [2.45, 2.75) is 19.4 Å². The topological polar surface area (TPSA) is 58.9 Å². The van der Waals surface area contributed by atoms with E-state index in [9.17, 15) is 4.79 Å². The van der Waals surface area contributed by atoms with E-state index in [1.807, 2.05) is 30.3 Å². The fraction of sp³-hybridized carbons (Fsp3) is 0.429. The predicted molar refractivity (Wildman–Crippen MR) is 67.3 cm³/mol. The number of hydrogen-bond acceptors (Lipinski definition) is 4. The normalized spacial score (nSPS) is 21.4. The van der Waals surface area contributed by atoms with Gasteiger partial charge in [-0.05, 0) is 24.6 Å². The molecule has 0 amide bonds. The number of hydrogen-bond donors (Lipinski definition) is 1. The highest BCUT2D eigenvalue weighted by molar-refractivity contribution is 5.78. The zero-order chi connectivity index (χ0) is 13.0. The van der Waals surface area contributed by atoms with Gasteiger partial charge in [0.25, 0.3) is 0 Å². The maximum atomic E-state index is 11.9. The van der Waals surface area contributed by atoms with E-state index in [4.69, 9.17) is 9.84 Å². The van der Waals surface area contributed by atoms with Gasteiger partial charge in [0.1, 0.15) is 0 Å². The second kappa shape index (κ2) is 5.78. The van der Waals surface area contributed by atoms with Gasteiger partial charge in [-0.3, -0.25) is 4.99 Å². The van der Waals surface area contributed by atoms with Crippen molar-refractivity contribution in [1.82, 2.24) is 0 Å². The van der Waals surface area contributed by atoms with E-state index >= 15 is 0 Å². The average Bonchev–Trinajstić information content (AvgIpc) is 2.38. The zero-order valence-electron chi connectivity index (χ0n) is 10.4. The Morgan fingerprint density at radius 1 is 1.44 bits per heavy atom. The summed E-state index contributed by atoms with van der Waals surface area (Å²) in [4.78, 5) is 16.3. The summed E-state index contributed by atoms with van der Waals surface area (Å²) in [6, 6.07) is 7.14. The van der Waals surface area contributed by atoms with E-state index in [0.29, 0.717) is 13.0 Å². The average molecular weight is 247 g/mol. The Kier molecular flexibility index (Phi) is 4.10. The van der Waals surface area contributed by atoms with E-state index in [2.05, 4.69) is 4.99 Å². The molecule has 4 nitrogen and oxygen atoms in total. The molecule has 0 fully saturated rings. The lowest BCUT2D eigenvalue weighted by Crippen LogP contribution is -2.40. The Hall–Kier alpha value is -1.68. The first-order valence-corrected chi connectivity index (χ1v) is 6.18. The van der Waals surface area contributed by atoms with Crippen LogP contribution in [0.4, 0.5) is 0 Å². The number of para-hydroxylation sites is 1. The molecule has 18 heavy (non-hydrogen) atoms. The molecule has 1 aromatic carbocycles. The van der Waals surface area contributed by atoms with E-state index in [1.165, 1.54) is 0 Å². The number of ether oxygens (including phenoxy) is 1. The molecule has 2 unspecified atom stereocenters. The van der Waals surface area contributed by atoms with Crippen molar-refractivity contribution in [3.05, 3.63) is 34.8 Å². The summed E-state index contributed by atoms with van der Waals surface area (Å²) in [7, 11) is 0. The number of aliphatic hydroxyl groups is 1. The predicted octanol–water partition coefficient (Wildman–Crippen LogP) is 0.0306. The number of carbonyl (C=O) groups excluding carboxylic acids is 1. The van der Waals surface area contributed by atoms with E-state index in [-0.39, 0.29) is 18.5 Å². The lowest BCUT2D eigenvalue weighted by Gasteiger charge is -2.21. The van der Waals surface area contributed by atoms with Gasteiger partial charge in [0.2, 0.25) is 0 Å². The number of nitrogens with zero attached hydrogens (tertiary/aromatic N) is 1. The third kappa shape index (κ3) is 2.59. The monoisotopic (exact) mass is 247 g/mol. The molecule has 2 rings (SSSR count). The minimum Gasteiger partial charge on any atom is -0.464 e. The summed E-state index contributed by atoms with van der Waals surface area (Å²) in [5.41, 5.74) is 0. The molecule has 0 radical (unpaired) electrons. The summed E-state index contributed by atoms with van der Waals surface area (Å²) < 4.78 is 5.04. The van der Waals surface area contributed by atoms with Crippen molar-refractivity contribution in [3.8, 4) is 0 Å². The minimum absolute atomic E-state index is 0.0365. The van der Waals surface area contributed by atoms with Crippen molar-refractivity contribution in [3.63, 3.8) is 0 Å². The summed E-state index contributed by atoms with van der Waals surface area (Å²) in [5, 5.41) is 10.9. The molecule has 1 aromatic rings. The number of fused-ring (bicyclic) bond motifs is 1. The summed E-state index contributed by atoms with van der Waals surface area (Å²) in [6.45, 7) is 2.16. The smallest absolute Gasteiger partial charge is 0.331 e. The van der Waals surface area contributed by atoms with E-state index < -0.39 is 6.04 Å². The quantitative estimate of drug-likeness (QED) is 0.764. The molecule has 1 aliphatic heterocycles. The molecule has 0 saturated heterocycles. The molecule has 4 heteroatoms. The van der Waals surface area contributed by atoms with Crippen LogP contribution >= 0.6 is 0 Å². The molecule has 1 heterocycles. The van der Waals surface area contributed by atoms with Crippen LogP contribution in [0, 0.1) is 5.92 Å². The Balaban J connectivity index is 2.39. The zero-order valence-corrected chi connectivity index (χ0v) is 10.4. The molecule has 1 aliphatic rings. The maximum absolute atomic E-state index is 11.9. The molecule has 0 aliphatic carbocycles. The molecule has 96 valence electrons. The lowest BCUT2D eigenvalue weighted by molar-refractivity contribution is -0.145. The van der Waals surface area contributed by atoms with Crippen LogP contribution in [-0.4, -0.2) is 30.3 Å². The number of rotatable bonds is 4. The Morgan fingerprint density at radius 3 is 2.94 bits per heavy atom. The first kappa shape index (κ1) is 12.8. The van der Waals surface area contributed by atoms with Gasteiger partial charge in [-0.1, -0.05) is 24.3 Å². The number of carbonyl (C=O) groups is 1. The highest BCUT2D eigenvalue weighted by Gasteiger charge is 2.28. The van der Waals surface area contributed by atoms with Crippen LogP contribution in [0.1, 0.15) is 13.3 Å². The van der Waals surface area contributed by atoms with E-state index in [0.717, 1.165) is 10.6 Å². The summed E-state index contributed by atoms with van der Waals surface area (Å²) in [5.74, 6) is -0.411. The van der Waals surface area contributed by atoms with Gasteiger partial charge in [-0.25, -0.2) is 4.79 Å². The number of esters is 1. The van der Waals surface area contributed by atoms with Gasteiger partial charge in [-0.2, -0.15) is 0 Å².